The first-order valence-electron chi connectivity index (χ1n) is 9.19. The minimum atomic E-state index is -0.494. The lowest BCUT2D eigenvalue weighted by molar-refractivity contribution is 0.0928. The van der Waals surface area contributed by atoms with Crippen LogP contribution in [0.15, 0.2) is 89.5 Å². The zero-order valence-electron chi connectivity index (χ0n) is 15.5. The Balaban J connectivity index is 1.63. The lowest BCUT2D eigenvalue weighted by atomic mass is 10.1. The number of amides is 1. The minimum Gasteiger partial charge on any atom is -0.340 e. The number of halogens is 1. The van der Waals surface area contributed by atoms with Gasteiger partial charge < -0.3 is 9.84 Å². The average molecular weight is 404 g/mol. The van der Waals surface area contributed by atoms with Gasteiger partial charge in [-0.25, -0.2) is 0 Å². The number of carbonyl (C=O) groups is 1. The van der Waals surface area contributed by atoms with Crippen LogP contribution in [0.4, 0.5) is 0 Å². The van der Waals surface area contributed by atoms with Crippen molar-refractivity contribution in [3.63, 3.8) is 0 Å². The Hall–Kier alpha value is -3.44. The molecule has 0 aliphatic rings. The summed E-state index contributed by atoms with van der Waals surface area (Å²) in [7, 11) is 0. The summed E-state index contributed by atoms with van der Waals surface area (Å²) in [5.41, 5.74) is 2.28. The summed E-state index contributed by atoms with van der Waals surface area (Å²) in [6.45, 7) is 0. The summed E-state index contributed by atoms with van der Waals surface area (Å²) in [6, 6.07) is 25.8. The molecule has 4 rings (SSSR count). The maximum atomic E-state index is 12.8. The van der Waals surface area contributed by atoms with Crippen LogP contribution in [0.1, 0.15) is 27.9 Å². The highest BCUT2D eigenvalue weighted by molar-refractivity contribution is 6.33. The number of rotatable bonds is 6. The van der Waals surface area contributed by atoms with Gasteiger partial charge in [0.15, 0.2) is 0 Å². The Bertz CT molecular complexity index is 1100. The van der Waals surface area contributed by atoms with E-state index >= 15 is 0 Å². The minimum absolute atomic E-state index is 0.295. The molecular formula is C23H18ClN3O2. The maximum absolute atomic E-state index is 12.8. The van der Waals surface area contributed by atoms with Gasteiger partial charge in [0.25, 0.3) is 5.91 Å². The van der Waals surface area contributed by atoms with Gasteiger partial charge in [0.2, 0.25) is 11.7 Å². The van der Waals surface area contributed by atoms with Gasteiger partial charge in [0.1, 0.15) is 6.04 Å². The van der Waals surface area contributed by atoms with Crippen LogP contribution in [-0.4, -0.2) is 16.0 Å². The normalized spacial score (nSPS) is 11.8. The van der Waals surface area contributed by atoms with Crippen molar-refractivity contribution in [2.75, 3.05) is 0 Å². The first-order chi connectivity index (χ1) is 14.2. The molecule has 1 heterocycles. The van der Waals surface area contributed by atoms with Crippen LogP contribution in [0.2, 0.25) is 5.02 Å². The summed E-state index contributed by atoms with van der Waals surface area (Å²) in [5.74, 6) is 0.523. The zero-order valence-corrected chi connectivity index (χ0v) is 16.2. The van der Waals surface area contributed by atoms with Crippen LogP contribution in [-0.2, 0) is 6.42 Å². The molecule has 4 aromatic rings. The number of nitrogens with zero attached hydrogens (tertiary/aromatic N) is 2. The molecule has 1 atom stereocenters. The Morgan fingerprint density at radius 2 is 1.59 bits per heavy atom. The van der Waals surface area contributed by atoms with Gasteiger partial charge in [-0.05, 0) is 17.7 Å². The first-order valence-corrected chi connectivity index (χ1v) is 9.57. The van der Waals surface area contributed by atoms with Crippen molar-refractivity contribution < 1.29 is 9.32 Å². The Morgan fingerprint density at radius 1 is 0.931 bits per heavy atom. The largest absolute Gasteiger partial charge is 0.340 e. The van der Waals surface area contributed by atoms with Gasteiger partial charge in [-0.2, -0.15) is 4.98 Å². The molecule has 0 bridgehead atoms. The second kappa shape index (κ2) is 8.71. The highest BCUT2D eigenvalue weighted by Gasteiger charge is 2.23. The zero-order chi connectivity index (χ0) is 20.1. The third-order valence-corrected chi connectivity index (χ3v) is 4.81. The molecule has 1 aromatic heterocycles. The molecule has 144 valence electrons. The number of aromatic nitrogens is 2. The molecule has 0 spiro atoms. The standard InChI is InChI=1S/C23H18ClN3O2/c24-19-14-8-7-13-18(19)22(28)25-20(15-16-9-3-1-4-10-16)23-26-21(27-29-23)17-11-5-2-6-12-17/h1-14,20H,15H2,(H,25,28)/t20-/m0/s1. The summed E-state index contributed by atoms with van der Waals surface area (Å²) in [4.78, 5) is 17.4. The van der Waals surface area contributed by atoms with Crippen LogP contribution in [0.5, 0.6) is 0 Å². The number of nitrogens with one attached hydrogen (secondary N) is 1. The smallest absolute Gasteiger partial charge is 0.253 e. The maximum Gasteiger partial charge on any atom is 0.253 e. The number of carbonyl (C=O) groups excluding carboxylic acids is 1. The van der Waals surface area contributed by atoms with Crippen LogP contribution < -0.4 is 5.32 Å². The molecule has 0 unspecified atom stereocenters. The van der Waals surface area contributed by atoms with Crippen LogP contribution >= 0.6 is 11.6 Å². The van der Waals surface area contributed by atoms with E-state index in [0.29, 0.717) is 28.7 Å². The average Bonchev–Trinajstić information content (AvgIpc) is 3.25. The topological polar surface area (TPSA) is 68.0 Å². The molecular weight excluding hydrogens is 386 g/mol. The molecule has 0 aliphatic carbocycles. The van der Waals surface area contributed by atoms with E-state index in [0.717, 1.165) is 11.1 Å². The highest BCUT2D eigenvalue weighted by atomic mass is 35.5. The van der Waals surface area contributed by atoms with Crippen molar-refractivity contribution in [3.05, 3.63) is 107 Å². The monoisotopic (exact) mass is 403 g/mol. The van der Waals surface area contributed by atoms with Crippen molar-refractivity contribution >= 4 is 17.5 Å². The summed E-state index contributed by atoms with van der Waals surface area (Å²) >= 11 is 6.18. The summed E-state index contributed by atoms with van der Waals surface area (Å²) in [5, 5.41) is 7.46. The molecule has 0 saturated carbocycles. The second-order valence-corrected chi connectivity index (χ2v) is 6.93. The molecule has 0 aliphatic heterocycles. The van der Waals surface area contributed by atoms with Crippen LogP contribution in [0.25, 0.3) is 11.4 Å². The van der Waals surface area contributed by atoms with E-state index in [1.807, 2.05) is 60.7 Å². The van der Waals surface area contributed by atoms with Crippen LogP contribution in [0, 0.1) is 0 Å². The van der Waals surface area contributed by atoms with E-state index in [4.69, 9.17) is 16.1 Å². The summed E-state index contributed by atoms with van der Waals surface area (Å²) in [6.07, 6.45) is 0.507. The summed E-state index contributed by atoms with van der Waals surface area (Å²) < 4.78 is 5.51. The third kappa shape index (κ3) is 4.52. The van der Waals surface area contributed by atoms with Crippen molar-refractivity contribution in [3.8, 4) is 11.4 Å². The molecule has 0 saturated heterocycles. The van der Waals surface area contributed by atoms with E-state index in [2.05, 4.69) is 15.5 Å². The first kappa shape index (κ1) is 18.9. The van der Waals surface area contributed by atoms with Gasteiger partial charge in [-0.1, -0.05) is 89.6 Å². The molecule has 1 amide bonds. The SMILES string of the molecule is O=C(N[C@@H](Cc1ccccc1)c1nc(-c2ccccc2)no1)c1ccccc1Cl. The second-order valence-electron chi connectivity index (χ2n) is 6.52. The fourth-order valence-corrected chi connectivity index (χ4v) is 3.23. The molecule has 0 radical (unpaired) electrons. The van der Waals surface area contributed by atoms with Gasteiger partial charge in [-0.3, -0.25) is 4.79 Å². The lowest BCUT2D eigenvalue weighted by Crippen LogP contribution is -2.30. The number of benzene rings is 3. The van der Waals surface area contributed by atoms with Crippen molar-refractivity contribution in [2.45, 2.75) is 12.5 Å². The lowest BCUT2D eigenvalue weighted by Gasteiger charge is -2.16. The Labute approximate surface area is 173 Å². The van der Waals surface area contributed by atoms with Crippen molar-refractivity contribution in [2.24, 2.45) is 0 Å². The van der Waals surface area contributed by atoms with Crippen molar-refractivity contribution in [1.82, 2.24) is 15.5 Å². The number of hydrogen-bond acceptors (Lipinski definition) is 4. The van der Waals surface area contributed by atoms with Gasteiger partial charge in [-0.15, -0.1) is 0 Å². The quantitative estimate of drug-likeness (QED) is 0.486. The van der Waals surface area contributed by atoms with E-state index < -0.39 is 6.04 Å². The fourth-order valence-electron chi connectivity index (χ4n) is 3.01. The van der Waals surface area contributed by atoms with Gasteiger partial charge >= 0.3 is 0 Å². The van der Waals surface area contributed by atoms with E-state index in [9.17, 15) is 4.79 Å². The predicted octanol–water partition coefficient (Wildman–Crippen LogP) is 5.10. The molecule has 0 fully saturated rings. The Kier molecular flexibility index (Phi) is 5.68. The molecule has 5 nitrogen and oxygen atoms in total. The van der Waals surface area contributed by atoms with Gasteiger partial charge in [0.05, 0.1) is 10.6 Å². The fraction of sp³-hybridized carbons (Fsp3) is 0.0870. The van der Waals surface area contributed by atoms with E-state index in [1.54, 1.807) is 24.3 Å². The van der Waals surface area contributed by atoms with Gasteiger partial charge in [0, 0.05) is 12.0 Å². The number of hydrogen-bond donors (Lipinski definition) is 1. The van der Waals surface area contributed by atoms with E-state index in [-0.39, 0.29) is 5.91 Å². The molecule has 1 N–H and O–H groups in total. The van der Waals surface area contributed by atoms with Crippen molar-refractivity contribution in [1.29, 1.82) is 0 Å². The van der Waals surface area contributed by atoms with Crippen LogP contribution in [0.3, 0.4) is 0 Å². The van der Waals surface area contributed by atoms with E-state index in [1.165, 1.54) is 0 Å². The molecule has 6 heteroatoms. The Morgan fingerprint density at radius 3 is 2.31 bits per heavy atom. The third-order valence-electron chi connectivity index (χ3n) is 4.48. The predicted molar refractivity (Wildman–Crippen MR) is 112 cm³/mol. The molecule has 29 heavy (non-hydrogen) atoms. The highest BCUT2D eigenvalue weighted by Crippen LogP contribution is 2.23. The molecule has 3 aromatic carbocycles.